The molecule has 4 aromatic heterocycles. The zero-order valence-electron chi connectivity index (χ0n) is 19.7. The van der Waals surface area contributed by atoms with Crippen LogP contribution < -0.4 is 22.2 Å². The van der Waals surface area contributed by atoms with Crippen molar-refractivity contribution in [2.75, 3.05) is 11.1 Å². The number of hydrogen-bond donors (Lipinski definition) is 4. The number of fused-ring (bicyclic) bond motifs is 2. The molecule has 1 amide bonds. The van der Waals surface area contributed by atoms with Gasteiger partial charge in [-0.1, -0.05) is 60.7 Å². The number of nitrogens with one attached hydrogen (secondary N) is 3. The number of nitrogens with two attached hydrogens (primary N) is 1. The minimum Gasteiger partial charge on any atom is -0.384 e. The number of aromatic nitrogens is 6. The first-order valence-corrected chi connectivity index (χ1v) is 11.3. The third-order valence-corrected chi connectivity index (χ3v) is 5.37. The Balaban J connectivity index is 0.000000153. The van der Waals surface area contributed by atoms with Crippen molar-refractivity contribution in [2.45, 2.75) is 6.92 Å². The van der Waals surface area contributed by atoms with Crippen LogP contribution in [0.2, 0.25) is 0 Å². The molecule has 0 saturated carbocycles. The van der Waals surface area contributed by atoms with Gasteiger partial charge in [0.25, 0.3) is 11.1 Å². The van der Waals surface area contributed by atoms with Gasteiger partial charge in [-0.2, -0.15) is 9.03 Å². The second-order valence-electron chi connectivity index (χ2n) is 8.14. The maximum atomic E-state index is 12.1. The van der Waals surface area contributed by atoms with Crippen molar-refractivity contribution in [3.63, 3.8) is 0 Å². The Morgan fingerprint density at radius 1 is 0.757 bits per heavy atom. The summed E-state index contributed by atoms with van der Waals surface area (Å²) in [6, 6.07) is 25.2. The molecule has 37 heavy (non-hydrogen) atoms. The van der Waals surface area contributed by atoms with Gasteiger partial charge in [-0.05, 0) is 0 Å². The fourth-order valence-corrected chi connectivity index (χ4v) is 3.77. The van der Waals surface area contributed by atoms with Gasteiger partial charge in [-0.15, -0.1) is 0 Å². The molecule has 4 heterocycles. The van der Waals surface area contributed by atoms with Crippen LogP contribution >= 0.6 is 0 Å². The van der Waals surface area contributed by atoms with E-state index in [0.717, 1.165) is 11.1 Å². The molecule has 0 radical (unpaired) electrons. The summed E-state index contributed by atoms with van der Waals surface area (Å²) in [5.41, 5.74) is 9.19. The predicted octanol–water partition coefficient (Wildman–Crippen LogP) is 2.92. The number of benzene rings is 2. The van der Waals surface area contributed by atoms with Gasteiger partial charge in [0.1, 0.15) is 11.6 Å². The predicted molar refractivity (Wildman–Crippen MR) is 141 cm³/mol. The molecule has 0 saturated heterocycles. The molecule has 0 aliphatic rings. The number of nitrogen functional groups attached to an aromatic ring is 1. The van der Waals surface area contributed by atoms with Crippen LogP contribution in [0, 0.1) is 0 Å². The monoisotopic (exact) mass is 494 g/mol. The Hall–Kier alpha value is -5.45. The molecule has 0 spiro atoms. The minimum absolute atomic E-state index is 0.175. The Morgan fingerprint density at radius 3 is 1.76 bits per heavy atom. The quantitative estimate of drug-likeness (QED) is 0.296. The SMILES string of the molecule is CC(=O)Nc1cc2nc(-c3ccccc3)cc(=O)n2[nH]1.Nc1cc2nc(-c3ccccc3)cc(=O)n2[nH]1. The largest absolute Gasteiger partial charge is 0.384 e. The topological polar surface area (TPSA) is 155 Å². The van der Waals surface area contributed by atoms with E-state index >= 15 is 0 Å². The van der Waals surface area contributed by atoms with Gasteiger partial charge in [0.05, 0.1) is 11.4 Å². The lowest BCUT2D eigenvalue weighted by Gasteiger charge is -2.00. The number of anilines is 2. The number of aromatic amines is 2. The molecule has 0 unspecified atom stereocenters. The first-order valence-electron chi connectivity index (χ1n) is 11.3. The third kappa shape index (κ3) is 5.00. The molecule has 0 fully saturated rings. The molecule has 5 N–H and O–H groups in total. The molecule has 184 valence electrons. The Kier molecular flexibility index (Phi) is 6.08. The lowest BCUT2D eigenvalue weighted by Crippen LogP contribution is -2.15. The summed E-state index contributed by atoms with van der Waals surface area (Å²) in [5.74, 6) is 0.639. The molecule has 6 rings (SSSR count). The fraction of sp³-hybridized carbons (Fsp3) is 0.0385. The number of H-pyrrole nitrogens is 2. The van der Waals surface area contributed by atoms with E-state index in [9.17, 15) is 14.4 Å². The van der Waals surface area contributed by atoms with E-state index in [2.05, 4.69) is 25.5 Å². The summed E-state index contributed by atoms with van der Waals surface area (Å²) >= 11 is 0. The molecule has 6 aromatic rings. The number of carbonyl (C=O) groups excluding carboxylic acids is 1. The standard InChI is InChI=1S/C14H12N4O2.C12H10N4O/c1-9(19)15-12-8-13-16-11(7-14(20)18(13)17-12)10-5-3-2-4-6-10;13-10-7-11-14-9(6-12(17)16(11)15-10)8-4-2-1-3-5-8/h2-8,17H,1H3,(H,15,19);1-7,15H,13H2. The van der Waals surface area contributed by atoms with Crippen LogP contribution in [0.5, 0.6) is 0 Å². The number of amides is 1. The Bertz CT molecular complexity index is 1830. The maximum Gasteiger partial charge on any atom is 0.273 e. The van der Waals surface area contributed by atoms with Gasteiger partial charge in [0.2, 0.25) is 5.91 Å². The first-order chi connectivity index (χ1) is 17.9. The van der Waals surface area contributed by atoms with Crippen LogP contribution in [0.3, 0.4) is 0 Å². The lowest BCUT2D eigenvalue weighted by atomic mass is 10.1. The second-order valence-corrected chi connectivity index (χ2v) is 8.14. The third-order valence-electron chi connectivity index (χ3n) is 5.37. The summed E-state index contributed by atoms with van der Waals surface area (Å²) in [4.78, 5) is 43.7. The van der Waals surface area contributed by atoms with Gasteiger partial charge < -0.3 is 11.1 Å². The van der Waals surface area contributed by atoms with Gasteiger partial charge >= 0.3 is 0 Å². The summed E-state index contributed by atoms with van der Waals surface area (Å²) < 4.78 is 2.61. The number of carbonyl (C=O) groups is 1. The number of rotatable bonds is 3. The minimum atomic E-state index is -0.231. The van der Waals surface area contributed by atoms with Crippen molar-refractivity contribution < 1.29 is 4.79 Å². The van der Waals surface area contributed by atoms with Crippen LogP contribution in [0.15, 0.2) is 94.5 Å². The normalized spacial score (nSPS) is 10.7. The van der Waals surface area contributed by atoms with Gasteiger partial charge in [-0.3, -0.25) is 24.6 Å². The number of hydrogen-bond acceptors (Lipinski definition) is 6. The Morgan fingerprint density at radius 2 is 1.24 bits per heavy atom. The molecule has 0 atom stereocenters. The molecule has 0 bridgehead atoms. The smallest absolute Gasteiger partial charge is 0.273 e. The summed E-state index contributed by atoms with van der Waals surface area (Å²) in [6.45, 7) is 1.40. The van der Waals surface area contributed by atoms with Crippen LogP contribution in [-0.4, -0.2) is 35.1 Å². The van der Waals surface area contributed by atoms with E-state index in [1.807, 2.05) is 60.7 Å². The average Bonchev–Trinajstić information content (AvgIpc) is 3.48. The second kappa shape index (κ2) is 9.66. The van der Waals surface area contributed by atoms with Crippen molar-refractivity contribution in [3.05, 3.63) is 106 Å². The van der Waals surface area contributed by atoms with Gasteiger partial charge in [-0.25, -0.2) is 9.97 Å². The average molecular weight is 495 g/mol. The van der Waals surface area contributed by atoms with Crippen molar-refractivity contribution in [3.8, 4) is 22.5 Å². The van der Waals surface area contributed by atoms with Gasteiger partial charge in [0, 0.05) is 42.3 Å². The van der Waals surface area contributed by atoms with E-state index in [-0.39, 0.29) is 17.0 Å². The van der Waals surface area contributed by atoms with Crippen molar-refractivity contribution in [1.29, 1.82) is 0 Å². The Labute approximate surface area is 209 Å². The molecular formula is C26H22N8O3. The highest BCUT2D eigenvalue weighted by Gasteiger charge is 2.09. The molecule has 0 aliphatic carbocycles. The zero-order chi connectivity index (χ0) is 25.9. The van der Waals surface area contributed by atoms with E-state index in [4.69, 9.17) is 5.73 Å². The molecule has 11 nitrogen and oxygen atoms in total. The molecule has 11 heteroatoms. The van der Waals surface area contributed by atoms with Crippen LogP contribution in [0.4, 0.5) is 11.6 Å². The van der Waals surface area contributed by atoms with E-state index in [0.29, 0.717) is 34.3 Å². The van der Waals surface area contributed by atoms with Crippen LogP contribution in [0.25, 0.3) is 33.8 Å². The van der Waals surface area contributed by atoms with Crippen LogP contribution in [-0.2, 0) is 4.79 Å². The van der Waals surface area contributed by atoms with Crippen LogP contribution in [0.1, 0.15) is 6.92 Å². The van der Waals surface area contributed by atoms with Gasteiger partial charge in [0.15, 0.2) is 11.3 Å². The molecule has 0 aliphatic heterocycles. The highest BCUT2D eigenvalue weighted by molar-refractivity contribution is 5.88. The van der Waals surface area contributed by atoms with Crippen molar-refractivity contribution in [1.82, 2.24) is 29.2 Å². The summed E-state index contributed by atoms with van der Waals surface area (Å²) in [7, 11) is 0. The summed E-state index contributed by atoms with van der Waals surface area (Å²) in [5, 5.41) is 8.09. The fourth-order valence-electron chi connectivity index (χ4n) is 3.77. The first kappa shape index (κ1) is 23.3. The highest BCUT2D eigenvalue weighted by atomic mass is 16.2. The van der Waals surface area contributed by atoms with Crippen molar-refractivity contribution in [2.24, 2.45) is 0 Å². The number of nitrogens with zero attached hydrogens (tertiary/aromatic N) is 4. The maximum absolute atomic E-state index is 12.1. The van der Waals surface area contributed by atoms with E-state index in [1.54, 1.807) is 12.1 Å². The summed E-state index contributed by atoms with van der Waals surface area (Å²) in [6.07, 6.45) is 0. The molecule has 2 aromatic carbocycles. The van der Waals surface area contributed by atoms with Crippen molar-refractivity contribution >= 4 is 28.8 Å². The van der Waals surface area contributed by atoms with E-state index < -0.39 is 0 Å². The highest BCUT2D eigenvalue weighted by Crippen LogP contribution is 2.17. The molecular weight excluding hydrogens is 472 g/mol. The lowest BCUT2D eigenvalue weighted by molar-refractivity contribution is -0.114. The van der Waals surface area contributed by atoms with E-state index in [1.165, 1.54) is 28.1 Å². The zero-order valence-corrected chi connectivity index (χ0v) is 19.7.